The van der Waals surface area contributed by atoms with E-state index >= 15 is 0 Å². The maximum atomic E-state index is 13.0. The molecule has 0 radical (unpaired) electrons. The maximum absolute atomic E-state index is 13.0. The molecule has 0 saturated heterocycles. The molecule has 0 fully saturated rings. The van der Waals surface area contributed by atoms with Gasteiger partial charge >= 0.3 is 5.97 Å². The first-order chi connectivity index (χ1) is 13.9. The zero-order chi connectivity index (χ0) is 21.0. The van der Waals surface area contributed by atoms with Crippen LogP contribution in [0.5, 0.6) is 5.75 Å². The predicted octanol–water partition coefficient (Wildman–Crippen LogP) is 4.35. The summed E-state index contributed by atoms with van der Waals surface area (Å²) in [6, 6.07) is 17.3. The Kier molecular flexibility index (Phi) is 6.17. The fourth-order valence-electron chi connectivity index (χ4n) is 3.42. The normalized spacial score (nSPS) is 15.4. The van der Waals surface area contributed by atoms with Crippen LogP contribution in [0.3, 0.4) is 0 Å². The molecule has 0 saturated carbocycles. The van der Waals surface area contributed by atoms with Gasteiger partial charge in [-0.05, 0) is 50.1 Å². The number of nitrogens with zero attached hydrogens (tertiary/aromatic N) is 1. The van der Waals surface area contributed by atoms with E-state index in [1.165, 1.54) is 7.11 Å². The quantitative estimate of drug-likeness (QED) is 0.543. The van der Waals surface area contributed by atoms with E-state index in [1.807, 2.05) is 68.4 Å². The molecule has 5 heteroatoms. The second-order valence-corrected chi connectivity index (χ2v) is 7.13. The van der Waals surface area contributed by atoms with Gasteiger partial charge in [-0.1, -0.05) is 42.5 Å². The van der Waals surface area contributed by atoms with Crippen LogP contribution in [0.25, 0.3) is 6.08 Å². The van der Waals surface area contributed by atoms with Crippen molar-refractivity contribution in [3.8, 4) is 5.75 Å². The first-order valence-electron chi connectivity index (χ1n) is 9.54. The molecular formula is C24H25NO4. The van der Waals surface area contributed by atoms with Crippen LogP contribution in [-0.4, -0.2) is 29.9 Å². The highest BCUT2D eigenvalue weighted by molar-refractivity contribution is 6.16. The van der Waals surface area contributed by atoms with Crippen LogP contribution in [0.2, 0.25) is 0 Å². The second-order valence-electron chi connectivity index (χ2n) is 7.13. The van der Waals surface area contributed by atoms with Crippen molar-refractivity contribution in [1.29, 1.82) is 0 Å². The average molecular weight is 391 g/mol. The zero-order valence-electron chi connectivity index (χ0n) is 17.1. The first-order valence-corrected chi connectivity index (χ1v) is 9.54. The molecule has 0 N–H and O–H groups in total. The molecular weight excluding hydrogens is 366 g/mol. The van der Waals surface area contributed by atoms with E-state index in [0.29, 0.717) is 29.2 Å². The third-order valence-electron chi connectivity index (χ3n) is 4.77. The molecule has 29 heavy (non-hydrogen) atoms. The van der Waals surface area contributed by atoms with Crippen molar-refractivity contribution in [1.82, 2.24) is 4.90 Å². The summed E-state index contributed by atoms with van der Waals surface area (Å²) >= 11 is 0. The van der Waals surface area contributed by atoms with E-state index in [1.54, 1.807) is 17.9 Å². The summed E-state index contributed by atoms with van der Waals surface area (Å²) in [6.45, 7) is 6.05. The van der Waals surface area contributed by atoms with Crippen molar-refractivity contribution in [2.24, 2.45) is 0 Å². The monoisotopic (exact) mass is 391 g/mol. The van der Waals surface area contributed by atoms with Gasteiger partial charge in [-0.15, -0.1) is 0 Å². The molecule has 1 amide bonds. The number of ether oxygens (including phenoxy) is 2. The molecule has 150 valence electrons. The largest absolute Gasteiger partial charge is 0.489 e. The minimum atomic E-state index is -0.512. The minimum absolute atomic E-state index is 0.0615. The van der Waals surface area contributed by atoms with Gasteiger partial charge in [-0.3, -0.25) is 4.79 Å². The Hall–Kier alpha value is -3.34. The molecule has 2 aromatic carbocycles. The summed E-state index contributed by atoms with van der Waals surface area (Å²) in [4.78, 5) is 26.9. The molecule has 1 aliphatic heterocycles. The standard InChI is InChI=1S/C24H25NO4/c1-16(2)25-17(3)22(24(27)28-4)21(23(25)26)14-19-11-8-12-20(13-19)29-15-18-9-6-5-7-10-18/h5-14,16H,15H2,1-4H3/b21-14-. The van der Waals surface area contributed by atoms with E-state index in [-0.39, 0.29) is 11.9 Å². The van der Waals surface area contributed by atoms with Crippen molar-refractivity contribution in [3.63, 3.8) is 0 Å². The third-order valence-corrected chi connectivity index (χ3v) is 4.77. The summed E-state index contributed by atoms with van der Waals surface area (Å²) in [6.07, 6.45) is 1.72. The molecule has 1 aliphatic rings. The number of hydrogen-bond donors (Lipinski definition) is 0. The highest BCUT2D eigenvalue weighted by Gasteiger charge is 2.38. The van der Waals surface area contributed by atoms with Crippen LogP contribution in [-0.2, 0) is 20.9 Å². The summed E-state index contributed by atoms with van der Waals surface area (Å²) in [5, 5.41) is 0. The van der Waals surface area contributed by atoms with Crippen molar-refractivity contribution in [2.45, 2.75) is 33.4 Å². The summed E-state index contributed by atoms with van der Waals surface area (Å²) in [5.41, 5.74) is 3.10. The van der Waals surface area contributed by atoms with E-state index in [2.05, 4.69) is 0 Å². The highest BCUT2D eigenvalue weighted by atomic mass is 16.5. The number of carbonyl (C=O) groups excluding carboxylic acids is 2. The van der Waals surface area contributed by atoms with Crippen molar-refractivity contribution in [2.75, 3.05) is 7.11 Å². The maximum Gasteiger partial charge on any atom is 0.340 e. The van der Waals surface area contributed by atoms with E-state index in [9.17, 15) is 9.59 Å². The molecule has 0 spiro atoms. The van der Waals surface area contributed by atoms with Crippen LogP contribution in [0.1, 0.15) is 31.9 Å². The van der Waals surface area contributed by atoms with Crippen LogP contribution in [0.4, 0.5) is 0 Å². The Morgan fingerprint density at radius 2 is 1.83 bits per heavy atom. The van der Waals surface area contributed by atoms with Crippen molar-refractivity contribution >= 4 is 18.0 Å². The van der Waals surface area contributed by atoms with Crippen molar-refractivity contribution in [3.05, 3.63) is 82.6 Å². The fourth-order valence-corrected chi connectivity index (χ4v) is 3.42. The number of hydrogen-bond acceptors (Lipinski definition) is 4. The number of esters is 1. The molecule has 1 heterocycles. The molecule has 0 atom stereocenters. The number of rotatable bonds is 6. The SMILES string of the molecule is COC(=O)C1=C(C)N(C(C)C)C(=O)/C1=C\c1cccc(OCc2ccccc2)c1. The summed E-state index contributed by atoms with van der Waals surface area (Å²) < 4.78 is 10.8. The minimum Gasteiger partial charge on any atom is -0.489 e. The lowest BCUT2D eigenvalue weighted by Crippen LogP contribution is -2.31. The highest BCUT2D eigenvalue weighted by Crippen LogP contribution is 2.33. The Labute approximate surface area is 171 Å². The van der Waals surface area contributed by atoms with Gasteiger partial charge in [0.2, 0.25) is 0 Å². The molecule has 0 aliphatic carbocycles. The third kappa shape index (κ3) is 4.40. The Balaban J connectivity index is 1.90. The van der Waals surface area contributed by atoms with E-state index in [4.69, 9.17) is 9.47 Å². The van der Waals surface area contributed by atoms with Crippen molar-refractivity contribution < 1.29 is 19.1 Å². The van der Waals surface area contributed by atoms with Gasteiger partial charge < -0.3 is 14.4 Å². The topological polar surface area (TPSA) is 55.8 Å². The van der Waals surface area contributed by atoms with Gasteiger partial charge in [0.05, 0.1) is 18.3 Å². The smallest absolute Gasteiger partial charge is 0.340 e. The zero-order valence-corrected chi connectivity index (χ0v) is 17.1. The molecule has 0 bridgehead atoms. The van der Waals surface area contributed by atoms with E-state index in [0.717, 1.165) is 11.1 Å². The molecule has 2 aromatic rings. The predicted molar refractivity (Wildman–Crippen MR) is 112 cm³/mol. The van der Waals surface area contributed by atoms with Crippen LogP contribution in [0.15, 0.2) is 71.4 Å². The van der Waals surface area contributed by atoms with Gasteiger partial charge in [-0.25, -0.2) is 4.79 Å². The Morgan fingerprint density at radius 1 is 1.10 bits per heavy atom. The van der Waals surface area contributed by atoms with Gasteiger partial charge in [0.15, 0.2) is 0 Å². The van der Waals surface area contributed by atoms with Gasteiger partial charge in [0, 0.05) is 11.7 Å². The molecule has 0 unspecified atom stereocenters. The summed E-state index contributed by atoms with van der Waals surface area (Å²) in [5.74, 6) is -0.0232. The number of amides is 1. The lowest BCUT2D eigenvalue weighted by atomic mass is 10.0. The molecule has 3 rings (SSSR count). The Morgan fingerprint density at radius 3 is 2.48 bits per heavy atom. The number of benzene rings is 2. The van der Waals surface area contributed by atoms with Gasteiger partial charge in [-0.2, -0.15) is 0 Å². The molecule has 0 aromatic heterocycles. The van der Waals surface area contributed by atoms with Crippen LogP contribution in [0, 0.1) is 0 Å². The van der Waals surface area contributed by atoms with Gasteiger partial charge in [0.1, 0.15) is 12.4 Å². The van der Waals surface area contributed by atoms with Crippen LogP contribution >= 0.6 is 0 Å². The van der Waals surface area contributed by atoms with Gasteiger partial charge in [0.25, 0.3) is 5.91 Å². The number of carbonyl (C=O) groups is 2. The fraction of sp³-hybridized carbons (Fsp3) is 0.250. The number of methoxy groups -OCH3 is 1. The summed E-state index contributed by atoms with van der Waals surface area (Å²) in [7, 11) is 1.32. The molecule has 5 nitrogen and oxygen atoms in total. The second kappa shape index (κ2) is 8.78. The van der Waals surface area contributed by atoms with Crippen LogP contribution < -0.4 is 4.74 Å². The first kappa shape index (κ1) is 20.4. The Bertz CT molecular complexity index is 973. The lowest BCUT2D eigenvalue weighted by molar-refractivity contribution is -0.136. The average Bonchev–Trinajstić information content (AvgIpc) is 2.96. The lowest BCUT2D eigenvalue weighted by Gasteiger charge is -2.22. The number of allylic oxidation sites excluding steroid dienone is 1. The van der Waals surface area contributed by atoms with E-state index < -0.39 is 5.97 Å².